The van der Waals surface area contributed by atoms with Gasteiger partial charge in [0.1, 0.15) is 11.6 Å². The van der Waals surface area contributed by atoms with Crippen molar-refractivity contribution in [3.63, 3.8) is 0 Å². The maximum atomic E-state index is 14.2. The predicted molar refractivity (Wildman–Crippen MR) is 164 cm³/mol. The molecular formula is C35H52F2O4. The van der Waals surface area contributed by atoms with Crippen LogP contribution in [0.15, 0.2) is 36.4 Å². The van der Waals surface area contributed by atoms with E-state index >= 15 is 0 Å². The number of unbranched alkanes of at least 4 members (excludes halogenated alkanes) is 1. The van der Waals surface area contributed by atoms with Crippen molar-refractivity contribution in [1.29, 1.82) is 0 Å². The van der Waals surface area contributed by atoms with E-state index < -0.39 is 0 Å². The highest BCUT2D eigenvalue weighted by molar-refractivity contribution is 5.80. The van der Waals surface area contributed by atoms with Gasteiger partial charge in [0, 0.05) is 24.7 Å². The summed E-state index contributed by atoms with van der Waals surface area (Å²) in [6, 6.07) is 10.5. The fourth-order valence-electron chi connectivity index (χ4n) is 3.88. The summed E-state index contributed by atoms with van der Waals surface area (Å²) in [5, 5.41) is 0. The molecule has 0 atom stereocenters. The van der Waals surface area contributed by atoms with Gasteiger partial charge in [-0.05, 0) is 67.2 Å². The van der Waals surface area contributed by atoms with E-state index in [1.807, 2.05) is 61.5 Å². The number of carbonyl (C=O) groups is 2. The Morgan fingerprint density at radius 3 is 1.39 bits per heavy atom. The first-order valence-electron chi connectivity index (χ1n) is 15.2. The Balaban J connectivity index is 0.000000410. The second-order valence-corrected chi connectivity index (χ2v) is 12.2. The molecule has 0 amide bonds. The van der Waals surface area contributed by atoms with Gasteiger partial charge in [0.05, 0.1) is 13.2 Å². The third kappa shape index (κ3) is 14.6. The first kappa shape index (κ1) is 36.3. The van der Waals surface area contributed by atoms with Crippen LogP contribution in [-0.4, -0.2) is 24.8 Å². The summed E-state index contributed by atoms with van der Waals surface area (Å²) in [6.07, 6.45) is 4.63. The predicted octanol–water partition coefficient (Wildman–Crippen LogP) is 9.21. The molecule has 0 aliphatic heterocycles. The number of ketones is 2. The van der Waals surface area contributed by atoms with Gasteiger partial charge in [0.25, 0.3) is 0 Å². The largest absolute Gasteiger partial charge is 0.490 e. The van der Waals surface area contributed by atoms with Gasteiger partial charge >= 0.3 is 0 Å². The molecule has 0 fully saturated rings. The lowest BCUT2D eigenvalue weighted by molar-refractivity contribution is -0.122. The minimum Gasteiger partial charge on any atom is -0.490 e. The lowest BCUT2D eigenvalue weighted by atomic mass is 10.0. The van der Waals surface area contributed by atoms with E-state index in [0.29, 0.717) is 79.8 Å². The third-order valence-electron chi connectivity index (χ3n) is 6.51. The number of hydrogen-bond donors (Lipinski definition) is 0. The molecule has 0 aromatic heterocycles. The Hall–Kier alpha value is -2.76. The average molecular weight is 575 g/mol. The molecule has 6 heteroatoms. The molecule has 230 valence electrons. The molecule has 4 nitrogen and oxygen atoms in total. The van der Waals surface area contributed by atoms with E-state index in [1.54, 1.807) is 30.3 Å². The van der Waals surface area contributed by atoms with Gasteiger partial charge in [0.2, 0.25) is 0 Å². The van der Waals surface area contributed by atoms with Crippen LogP contribution in [0.25, 0.3) is 0 Å². The maximum absolute atomic E-state index is 14.2. The van der Waals surface area contributed by atoms with Crippen LogP contribution in [0.5, 0.6) is 11.5 Å². The summed E-state index contributed by atoms with van der Waals surface area (Å²) in [5.41, 5.74) is 1.30. The van der Waals surface area contributed by atoms with Crippen LogP contribution in [0.4, 0.5) is 8.78 Å². The zero-order chi connectivity index (χ0) is 30.9. The number of Topliss-reactive ketones (excluding diaryl/α,β-unsaturated/α-hetero) is 2. The van der Waals surface area contributed by atoms with Gasteiger partial charge in [-0.1, -0.05) is 79.7 Å². The van der Waals surface area contributed by atoms with Gasteiger partial charge in [-0.15, -0.1) is 0 Å². The summed E-state index contributed by atoms with van der Waals surface area (Å²) < 4.78 is 39.4. The molecule has 2 aromatic rings. The Bertz CT molecular complexity index is 1060. The average Bonchev–Trinajstić information content (AvgIpc) is 2.91. The molecule has 0 heterocycles. The lowest BCUT2D eigenvalue weighted by Gasteiger charge is -2.12. The Labute approximate surface area is 247 Å². The van der Waals surface area contributed by atoms with Crippen molar-refractivity contribution in [2.45, 2.75) is 100 Å². The van der Waals surface area contributed by atoms with E-state index in [-0.39, 0.29) is 35.0 Å². The van der Waals surface area contributed by atoms with Crippen LogP contribution >= 0.6 is 0 Å². The monoisotopic (exact) mass is 574 g/mol. The molecule has 0 saturated carbocycles. The lowest BCUT2D eigenvalue weighted by Crippen LogP contribution is -2.08. The smallest absolute Gasteiger partial charge is 0.168 e. The second-order valence-electron chi connectivity index (χ2n) is 12.2. The molecule has 0 radical (unpaired) electrons. The van der Waals surface area contributed by atoms with E-state index in [1.165, 1.54) is 0 Å². The maximum Gasteiger partial charge on any atom is 0.168 e. The quantitative estimate of drug-likeness (QED) is 0.177. The summed E-state index contributed by atoms with van der Waals surface area (Å²) in [7, 11) is 0. The molecule has 0 bridgehead atoms. The third-order valence-corrected chi connectivity index (χ3v) is 6.51. The number of ether oxygens (including phenoxy) is 2. The molecule has 0 N–H and O–H groups in total. The number of carbonyl (C=O) groups excluding carboxylic acids is 2. The molecule has 41 heavy (non-hydrogen) atoms. The first-order chi connectivity index (χ1) is 19.3. The van der Waals surface area contributed by atoms with Crippen LogP contribution in [0.3, 0.4) is 0 Å². The summed E-state index contributed by atoms with van der Waals surface area (Å²) in [6.45, 7) is 16.8. The van der Waals surface area contributed by atoms with Crippen molar-refractivity contribution in [2.75, 3.05) is 13.2 Å². The highest BCUT2D eigenvalue weighted by Crippen LogP contribution is 2.24. The van der Waals surface area contributed by atoms with E-state index in [2.05, 4.69) is 0 Å². The van der Waals surface area contributed by atoms with Gasteiger partial charge in [-0.2, -0.15) is 0 Å². The Morgan fingerprint density at radius 2 is 1.00 bits per heavy atom. The van der Waals surface area contributed by atoms with Crippen molar-refractivity contribution >= 4 is 11.6 Å². The van der Waals surface area contributed by atoms with Gasteiger partial charge in [0.15, 0.2) is 23.1 Å². The van der Waals surface area contributed by atoms with Gasteiger partial charge in [-0.25, -0.2) is 8.78 Å². The topological polar surface area (TPSA) is 52.6 Å². The van der Waals surface area contributed by atoms with Crippen LogP contribution in [0.2, 0.25) is 0 Å². The molecular weight excluding hydrogens is 522 g/mol. The Morgan fingerprint density at radius 1 is 0.610 bits per heavy atom. The normalized spacial score (nSPS) is 11.2. The second kappa shape index (κ2) is 19.4. The summed E-state index contributed by atoms with van der Waals surface area (Å²) >= 11 is 0. The van der Waals surface area contributed by atoms with Crippen molar-refractivity contribution in [3.8, 4) is 11.5 Å². The van der Waals surface area contributed by atoms with E-state index in [0.717, 1.165) is 12.8 Å². The van der Waals surface area contributed by atoms with Gasteiger partial charge in [-0.3, -0.25) is 9.59 Å². The minimum absolute atomic E-state index is 0.0561. The molecule has 0 saturated heterocycles. The van der Waals surface area contributed by atoms with E-state index in [4.69, 9.17) is 9.47 Å². The van der Waals surface area contributed by atoms with Crippen molar-refractivity contribution in [2.24, 2.45) is 23.7 Å². The number of aryl methyl sites for hydroxylation is 2. The zero-order valence-corrected chi connectivity index (χ0v) is 26.5. The molecule has 0 aliphatic carbocycles. The zero-order valence-electron chi connectivity index (χ0n) is 26.5. The fourth-order valence-corrected chi connectivity index (χ4v) is 3.88. The summed E-state index contributed by atoms with van der Waals surface area (Å²) in [5.74, 6) is 1.50. The molecule has 0 unspecified atom stereocenters. The molecule has 2 rings (SSSR count). The highest BCUT2D eigenvalue weighted by atomic mass is 19.1. The molecule has 0 aliphatic rings. The minimum atomic E-state index is -0.287. The molecule has 0 spiro atoms. The van der Waals surface area contributed by atoms with Gasteiger partial charge < -0.3 is 9.47 Å². The number of rotatable bonds is 17. The SMILES string of the molecule is CC(C)COc1cccc(CCCC(=O)C(C)C)c1F.CC(C)COc1cccc(CCCCC(=O)C(C)C)c1F. The van der Waals surface area contributed by atoms with Crippen molar-refractivity contribution < 1.29 is 27.8 Å². The number of hydrogen-bond acceptors (Lipinski definition) is 4. The van der Waals surface area contributed by atoms with Crippen molar-refractivity contribution in [3.05, 3.63) is 59.2 Å². The van der Waals surface area contributed by atoms with Crippen LogP contribution in [0.1, 0.15) is 98.6 Å². The number of halogens is 2. The number of benzene rings is 2. The highest BCUT2D eigenvalue weighted by Gasteiger charge is 2.13. The van der Waals surface area contributed by atoms with Crippen LogP contribution in [-0.2, 0) is 22.4 Å². The van der Waals surface area contributed by atoms with E-state index in [9.17, 15) is 18.4 Å². The fraction of sp³-hybridized carbons (Fsp3) is 0.600. The van der Waals surface area contributed by atoms with Crippen LogP contribution in [0, 0.1) is 35.3 Å². The summed E-state index contributed by atoms with van der Waals surface area (Å²) in [4.78, 5) is 23.1. The Kier molecular flexibility index (Phi) is 17.1. The molecule has 2 aromatic carbocycles. The van der Waals surface area contributed by atoms with Crippen molar-refractivity contribution in [1.82, 2.24) is 0 Å². The first-order valence-corrected chi connectivity index (χ1v) is 15.2. The van der Waals surface area contributed by atoms with Crippen LogP contribution < -0.4 is 9.47 Å². The standard InChI is InChI=1S/C18H27FO2.C17H25FO2/c1-13(2)12-21-17-11-7-9-15(18(17)19)8-5-6-10-16(20)14(3)4;1-12(2)11-20-16-10-6-8-14(17(16)18)7-5-9-15(19)13(3)4/h7,9,11,13-14H,5-6,8,10,12H2,1-4H3;6,8,10,12-13H,5,7,9,11H2,1-4H3.